The van der Waals surface area contributed by atoms with Crippen molar-refractivity contribution in [1.82, 2.24) is 10.2 Å². The van der Waals surface area contributed by atoms with E-state index < -0.39 is 0 Å². The van der Waals surface area contributed by atoms with Gasteiger partial charge in [0.15, 0.2) is 6.29 Å². The number of carbonyl (C=O) groups is 2. The maximum Gasteiger partial charge on any atom is 0.270 e. The highest BCUT2D eigenvalue weighted by molar-refractivity contribution is 6.33. The number of allylic oxidation sites excluding steroid dienone is 3. The molecule has 0 bridgehead atoms. The molecule has 1 heterocycles. The number of hydrogen-bond acceptors (Lipinski definition) is 4. The molecular formula is C13H18ClN3O2. The summed E-state index contributed by atoms with van der Waals surface area (Å²) in [5.41, 5.74) is 5.49. The molecule has 0 aromatic rings. The second-order valence-electron chi connectivity index (χ2n) is 5.06. The minimum absolute atomic E-state index is 0.00305. The fraction of sp³-hybridized carbons (Fsp3) is 0.538. The van der Waals surface area contributed by atoms with Gasteiger partial charge in [-0.25, -0.2) is 0 Å². The molecule has 2 fully saturated rings. The summed E-state index contributed by atoms with van der Waals surface area (Å²) >= 11 is 6.11. The number of nitrogens with one attached hydrogen (secondary N) is 1. The topological polar surface area (TPSA) is 75.4 Å². The van der Waals surface area contributed by atoms with Crippen molar-refractivity contribution in [1.29, 1.82) is 0 Å². The predicted molar refractivity (Wildman–Crippen MR) is 72.9 cm³/mol. The normalized spacial score (nSPS) is 25.5. The molecule has 1 aliphatic heterocycles. The Balaban J connectivity index is 2.35. The number of nitrogens with zero attached hydrogens (tertiary/aromatic N) is 1. The van der Waals surface area contributed by atoms with Gasteiger partial charge >= 0.3 is 0 Å². The molecule has 2 rings (SSSR count). The molecule has 3 N–H and O–H groups in total. The first-order chi connectivity index (χ1) is 9.00. The van der Waals surface area contributed by atoms with E-state index in [4.69, 9.17) is 17.3 Å². The quantitative estimate of drug-likeness (QED) is 0.590. The van der Waals surface area contributed by atoms with Crippen LogP contribution in [0, 0.1) is 0 Å². The van der Waals surface area contributed by atoms with Crippen LogP contribution in [-0.4, -0.2) is 29.8 Å². The van der Waals surface area contributed by atoms with Gasteiger partial charge in [0.1, 0.15) is 11.4 Å². The van der Waals surface area contributed by atoms with Crippen LogP contribution in [0.2, 0.25) is 0 Å². The van der Waals surface area contributed by atoms with E-state index in [1.54, 1.807) is 0 Å². The summed E-state index contributed by atoms with van der Waals surface area (Å²) in [6.07, 6.45) is 7.01. The number of aldehydes is 1. The molecule has 0 radical (unpaired) electrons. The van der Waals surface area contributed by atoms with Gasteiger partial charge < -0.3 is 16.0 Å². The zero-order valence-corrected chi connectivity index (χ0v) is 11.7. The van der Waals surface area contributed by atoms with Crippen molar-refractivity contribution in [3.05, 3.63) is 22.5 Å². The molecule has 6 heteroatoms. The fourth-order valence-corrected chi connectivity index (χ4v) is 3.17. The van der Waals surface area contributed by atoms with Crippen LogP contribution in [0.3, 0.4) is 0 Å². The molecule has 0 aromatic heterocycles. The lowest BCUT2D eigenvalue weighted by molar-refractivity contribution is -0.117. The van der Waals surface area contributed by atoms with E-state index in [9.17, 15) is 9.59 Å². The van der Waals surface area contributed by atoms with Crippen molar-refractivity contribution < 1.29 is 9.59 Å². The SMILES string of the molecule is CN1/C(=C(Cl)\C=C(\N)C=O)C(=O)NC12CCCCC2. The number of hydrogen-bond donors (Lipinski definition) is 2. The predicted octanol–water partition coefficient (Wildman–Crippen LogP) is 1.20. The van der Waals surface area contributed by atoms with E-state index in [0.29, 0.717) is 12.0 Å². The largest absolute Gasteiger partial charge is 0.396 e. The van der Waals surface area contributed by atoms with Gasteiger partial charge in [-0.2, -0.15) is 0 Å². The second-order valence-corrected chi connectivity index (χ2v) is 5.47. The summed E-state index contributed by atoms with van der Waals surface area (Å²) in [6.45, 7) is 0. The summed E-state index contributed by atoms with van der Waals surface area (Å²) in [4.78, 5) is 24.5. The Morgan fingerprint density at radius 3 is 2.63 bits per heavy atom. The molecule has 1 saturated heterocycles. The van der Waals surface area contributed by atoms with Gasteiger partial charge in [0, 0.05) is 7.05 Å². The smallest absolute Gasteiger partial charge is 0.270 e. The average molecular weight is 284 g/mol. The Morgan fingerprint density at radius 1 is 1.42 bits per heavy atom. The minimum Gasteiger partial charge on any atom is -0.396 e. The summed E-state index contributed by atoms with van der Waals surface area (Å²) < 4.78 is 0. The zero-order chi connectivity index (χ0) is 14.0. The monoisotopic (exact) mass is 283 g/mol. The molecule has 0 unspecified atom stereocenters. The Kier molecular flexibility index (Phi) is 3.85. The highest BCUT2D eigenvalue weighted by Crippen LogP contribution is 2.38. The third kappa shape index (κ3) is 2.47. The van der Waals surface area contributed by atoms with Crippen LogP contribution in [0.4, 0.5) is 0 Å². The number of rotatable bonds is 2. The van der Waals surface area contributed by atoms with Gasteiger partial charge in [0.2, 0.25) is 0 Å². The van der Waals surface area contributed by atoms with E-state index in [-0.39, 0.29) is 22.3 Å². The number of amides is 1. The lowest BCUT2D eigenvalue weighted by Crippen LogP contribution is -2.51. The molecule has 1 spiro atoms. The average Bonchev–Trinajstić information content (AvgIpc) is 2.61. The maximum absolute atomic E-state index is 12.1. The van der Waals surface area contributed by atoms with Crippen molar-refractivity contribution in [2.75, 3.05) is 7.05 Å². The Hall–Kier alpha value is -1.49. The molecule has 2 aliphatic rings. The van der Waals surface area contributed by atoms with Crippen LogP contribution in [0.15, 0.2) is 22.5 Å². The van der Waals surface area contributed by atoms with E-state index in [0.717, 1.165) is 25.7 Å². The Labute approximate surface area is 117 Å². The molecule has 1 saturated carbocycles. The van der Waals surface area contributed by atoms with Gasteiger partial charge in [-0.3, -0.25) is 9.59 Å². The van der Waals surface area contributed by atoms with Gasteiger partial charge in [0.25, 0.3) is 5.91 Å². The molecule has 1 amide bonds. The first-order valence-corrected chi connectivity index (χ1v) is 6.76. The van der Waals surface area contributed by atoms with Gasteiger partial charge in [-0.05, 0) is 31.8 Å². The van der Waals surface area contributed by atoms with Gasteiger partial charge in [-0.15, -0.1) is 0 Å². The minimum atomic E-state index is -0.325. The van der Waals surface area contributed by atoms with Crippen LogP contribution < -0.4 is 11.1 Å². The van der Waals surface area contributed by atoms with Gasteiger partial charge in [0.05, 0.1) is 10.7 Å². The number of nitrogens with two attached hydrogens (primary N) is 1. The van der Waals surface area contributed by atoms with Crippen LogP contribution in [0.1, 0.15) is 32.1 Å². The third-order valence-corrected chi connectivity index (χ3v) is 4.16. The number of likely N-dealkylation sites (N-methyl/N-ethyl adjacent to an activating group) is 1. The number of halogens is 1. The molecule has 19 heavy (non-hydrogen) atoms. The lowest BCUT2D eigenvalue weighted by atomic mass is 9.89. The van der Waals surface area contributed by atoms with E-state index in [2.05, 4.69) is 5.32 Å². The molecule has 0 atom stereocenters. The van der Waals surface area contributed by atoms with E-state index in [1.165, 1.54) is 12.5 Å². The van der Waals surface area contributed by atoms with Crippen LogP contribution in [0.25, 0.3) is 0 Å². The lowest BCUT2D eigenvalue weighted by Gasteiger charge is -2.39. The molecular weight excluding hydrogens is 266 g/mol. The highest BCUT2D eigenvalue weighted by atomic mass is 35.5. The standard InChI is InChI=1S/C13H18ClN3O2/c1-17-11(10(14)7-9(15)8-18)12(19)16-13(17)5-3-2-4-6-13/h7-8H,2-6,15H2,1H3,(H,16,19)/b9-7+,11-10+. The summed E-state index contributed by atoms with van der Waals surface area (Å²) in [5.74, 6) is -0.204. The van der Waals surface area contributed by atoms with Crippen molar-refractivity contribution in [2.24, 2.45) is 5.73 Å². The maximum atomic E-state index is 12.1. The van der Waals surface area contributed by atoms with Crippen LogP contribution in [0.5, 0.6) is 0 Å². The highest BCUT2D eigenvalue weighted by Gasteiger charge is 2.46. The molecule has 0 aromatic carbocycles. The Morgan fingerprint density at radius 2 is 2.05 bits per heavy atom. The van der Waals surface area contributed by atoms with Gasteiger partial charge in [-0.1, -0.05) is 18.0 Å². The van der Waals surface area contributed by atoms with Crippen LogP contribution >= 0.6 is 11.6 Å². The van der Waals surface area contributed by atoms with Crippen LogP contribution in [-0.2, 0) is 9.59 Å². The first kappa shape index (κ1) is 13.9. The Bertz CT molecular complexity index is 465. The molecule has 1 aliphatic carbocycles. The fourth-order valence-electron chi connectivity index (χ4n) is 2.84. The number of carbonyl (C=O) groups excluding carboxylic acids is 2. The molecule has 104 valence electrons. The summed E-state index contributed by atoms with van der Waals surface area (Å²) in [5, 5.41) is 3.23. The van der Waals surface area contributed by atoms with E-state index in [1.807, 2.05) is 11.9 Å². The zero-order valence-electron chi connectivity index (χ0n) is 10.9. The molecule has 5 nitrogen and oxygen atoms in total. The second kappa shape index (κ2) is 5.25. The van der Waals surface area contributed by atoms with Crippen molar-refractivity contribution in [2.45, 2.75) is 37.8 Å². The van der Waals surface area contributed by atoms with E-state index >= 15 is 0 Å². The van der Waals surface area contributed by atoms with Crippen molar-refractivity contribution >= 4 is 23.8 Å². The summed E-state index contributed by atoms with van der Waals surface area (Å²) in [6, 6.07) is 0. The first-order valence-electron chi connectivity index (χ1n) is 6.39. The van der Waals surface area contributed by atoms with Crippen molar-refractivity contribution in [3.63, 3.8) is 0 Å². The third-order valence-electron chi connectivity index (χ3n) is 3.88. The van der Waals surface area contributed by atoms with Crippen molar-refractivity contribution in [3.8, 4) is 0 Å². The summed E-state index contributed by atoms with van der Waals surface area (Å²) in [7, 11) is 1.85.